The van der Waals surface area contributed by atoms with Crippen molar-refractivity contribution >= 4 is 33.5 Å². The number of carbonyl (C=O) groups is 3. The largest absolute Gasteiger partial charge is 0.444 e. The Morgan fingerprint density at radius 3 is 1.95 bits per heavy atom. The molecule has 0 radical (unpaired) electrons. The number of alkyl carbamates (subject to hydrolysis) is 1. The van der Waals surface area contributed by atoms with Gasteiger partial charge in [-0.15, -0.1) is 0 Å². The molecule has 3 amide bonds. The van der Waals surface area contributed by atoms with Gasteiger partial charge in [0.1, 0.15) is 17.2 Å². The fraction of sp³-hybridized carbons (Fsp3) is 0.423. The molecule has 0 saturated carbocycles. The average molecular weight is 533 g/mol. The van der Waals surface area contributed by atoms with Gasteiger partial charge in [0, 0.05) is 17.6 Å². The Bertz CT molecular complexity index is 1210. The van der Waals surface area contributed by atoms with Crippen molar-refractivity contribution in [3.63, 3.8) is 0 Å². The molecular weight excluding hydrogens is 496 g/mol. The Labute approximate surface area is 218 Å². The van der Waals surface area contributed by atoms with Crippen LogP contribution < -0.4 is 16.2 Å². The summed E-state index contributed by atoms with van der Waals surface area (Å²) in [6, 6.07) is 14.3. The number of rotatable bonds is 7. The summed E-state index contributed by atoms with van der Waals surface area (Å²) in [5.41, 5.74) is 5.00. The van der Waals surface area contributed by atoms with Gasteiger partial charge in [-0.3, -0.25) is 10.2 Å². The first kappa shape index (κ1) is 29.6. The highest BCUT2D eigenvalue weighted by Gasteiger charge is 2.26. The molecule has 0 heterocycles. The summed E-state index contributed by atoms with van der Waals surface area (Å²) >= 11 is 0. The summed E-state index contributed by atoms with van der Waals surface area (Å²) in [5, 5.41) is 2.56. The van der Waals surface area contributed by atoms with E-state index in [2.05, 4.69) is 20.5 Å². The molecular formula is C26H36N4O6S. The van der Waals surface area contributed by atoms with Crippen LogP contribution in [0.3, 0.4) is 0 Å². The molecule has 37 heavy (non-hydrogen) atoms. The Hall–Kier alpha value is -3.60. The van der Waals surface area contributed by atoms with Crippen molar-refractivity contribution in [2.24, 2.45) is 4.36 Å². The normalized spacial score (nSPS) is 13.9. The third kappa shape index (κ3) is 10.9. The van der Waals surface area contributed by atoms with Crippen molar-refractivity contribution in [3.8, 4) is 0 Å². The van der Waals surface area contributed by atoms with Crippen LogP contribution in [0.4, 0.5) is 15.3 Å². The van der Waals surface area contributed by atoms with Gasteiger partial charge in [0.15, 0.2) is 0 Å². The predicted molar refractivity (Wildman–Crippen MR) is 143 cm³/mol. The van der Waals surface area contributed by atoms with Crippen LogP contribution in [-0.4, -0.2) is 45.8 Å². The van der Waals surface area contributed by atoms with Crippen molar-refractivity contribution < 1.29 is 28.1 Å². The zero-order valence-corrected chi connectivity index (χ0v) is 23.1. The molecule has 0 spiro atoms. The van der Waals surface area contributed by atoms with Crippen LogP contribution in [-0.2, 0) is 30.4 Å². The highest BCUT2D eigenvalue weighted by Crippen LogP contribution is 2.17. The topological polar surface area (TPSA) is 135 Å². The van der Waals surface area contributed by atoms with E-state index in [1.165, 1.54) is 18.4 Å². The maximum Gasteiger partial charge on any atom is 0.426 e. The van der Waals surface area contributed by atoms with Crippen LogP contribution >= 0.6 is 0 Å². The van der Waals surface area contributed by atoms with Crippen LogP contribution in [0.5, 0.6) is 0 Å². The number of hydrazine groups is 1. The van der Waals surface area contributed by atoms with Crippen LogP contribution in [0, 0.1) is 0 Å². The van der Waals surface area contributed by atoms with E-state index in [1.807, 2.05) is 30.3 Å². The lowest BCUT2D eigenvalue weighted by molar-refractivity contribution is -0.119. The first-order valence-corrected chi connectivity index (χ1v) is 13.6. The minimum atomic E-state index is -3.15. The molecule has 202 valence electrons. The second-order valence-corrected chi connectivity index (χ2v) is 12.7. The van der Waals surface area contributed by atoms with Crippen molar-refractivity contribution in [3.05, 3.63) is 60.2 Å². The minimum Gasteiger partial charge on any atom is -0.444 e. The van der Waals surface area contributed by atoms with Gasteiger partial charge in [-0.25, -0.2) is 19.2 Å². The van der Waals surface area contributed by atoms with Gasteiger partial charge >= 0.3 is 12.2 Å². The van der Waals surface area contributed by atoms with E-state index in [0.717, 1.165) is 5.56 Å². The second kappa shape index (κ2) is 12.1. The van der Waals surface area contributed by atoms with E-state index < -0.39 is 45.1 Å². The SMILES string of the molecule is CC(C)(C)OC(=O)NNc1ccc([S@](C)(=O)=NC(=O)[C@H](Cc2ccccc2)NC(=O)OC(C)(C)C)cc1. The molecule has 0 aromatic heterocycles. The number of ether oxygens (including phenoxy) is 2. The number of anilines is 1. The Kier molecular flexibility index (Phi) is 9.68. The zero-order valence-electron chi connectivity index (χ0n) is 22.3. The smallest absolute Gasteiger partial charge is 0.426 e. The predicted octanol–water partition coefficient (Wildman–Crippen LogP) is 4.66. The highest BCUT2D eigenvalue weighted by molar-refractivity contribution is 7.93. The van der Waals surface area contributed by atoms with Crippen LogP contribution in [0.25, 0.3) is 0 Å². The van der Waals surface area contributed by atoms with Crippen molar-refractivity contribution in [1.29, 1.82) is 0 Å². The van der Waals surface area contributed by atoms with Crippen LogP contribution in [0.2, 0.25) is 0 Å². The van der Waals surface area contributed by atoms with Gasteiger partial charge in [0.2, 0.25) is 0 Å². The first-order chi connectivity index (χ1) is 17.0. The van der Waals surface area contributed by atoms with Crippen molar-refractivity contribution in [2.45, 2.75) is 70.1 Å². The van der Waals surface area contributed by atoms with Gasteiger partial charge in [0.25, 0.3) is 5.91 Å². The summed E-state index contributed by atoms with van der Waals surface area (Å²) in [6.07, 6.45) is 0.0714. The molecule has 11 heteroatoms. The van der Waals surface area contributed by atoms with E-state index in [0.29, 0.717) is 10.6 Å². The van der Waals surface area contributed by atoms with Gasteiger partial charge in [-0.05, 0) is 71.4 Å². The van der Waals surface area contributed by atoms with Crippen LogP contribution in [0.1, 0.15) is 47.1 Å². The van der Waals surface area contributed by atoms with Crippen LogP contribution in [0.15, 0.2) is 63.9 Å². The third-order valence-corrected chi connectivity index (χ3v) is 6.21. The van der Waals surface area contributed by atoms with E-state index in [4.69, 9.17) is 9.47 Å². The molecule has 2 aromatic carbocycles. The maximum absolute atomic E-state index is 13.4. The number of nitrogens with one attached hydrogen (secondary N) is 3. The lowest BCUT2D eigenvalue weighted by atomic mass is 10.1. The Balaban J connectivity index is 2.19. The molecule has 3 N–H and O–H groups in total. The summed E-state index contributed by atoms with van der Waals surface area (Å²) in [5.74, 6) is -0.740. The number of nitrogens with zero attached hydrogens (tertiary/aromatic N) is 1. The molecule has 0 bridgehead atoms. The fourth-order valence-corrected chi connectivity index (χ4v) is 4.22. The number of amides is 3. The number of carbonyl (C=O) groups excluding carboxylic acids is 3. The van der Waals surface area contributed by atoms with Gasteiger partial charge in [-0.2, -0.15) is 4.36 Å². The number of hydrogen-bond donors (Lipinski definition) is 3. The summed E-state index contributed by atoms with van der Waals surface area (Å²) in [6.45, 7) is 10.4. The molecule has 2 atom stereocenters. The zero-order chi connectivity index (χ0) is 27.9. The van der Waals surface area contributed by atoms with E-state index in [-0.39, 0.29) is 6.42 Å². The lowest BCUT2D eigenvalue weighted by Crippen LogP contribution is -2.44. The number of benzene rings is 2. The fourth-order valence-electron chi connectivity index (χ4n) is 3.01. The molecule has 2 aromatic rings. The minimum absolute atomic E-state index is 0.150. The molecule has 0 aliphatic carbocycles. The molecule has 0 fully saturated rings. The summed E-state index contributed by atoms with van der Waals surface area (Å²) in [4.78, 5) is 37.6. The van der Waals surface area contributed by atoms with Gasteiger partial charge in [0.05, 0.1) is 15.4 Å². The monoisotopic (exact) mass is 532 g/mol. The highest BCUT2D eigenvalue weighted by atomic mass is 32.2. The van der Waals surface area contributed by atoms with E-state index in [9.17, 15) is 18.6 Å². The third-order valence-electron chi connectivity index (χ3n) is 4.54. The standard InChI is InChI=1S/C26H36N4O6S/c1-25(2,3)35-23(32)27-21(17-18-11-9-8-10-12-18)22(31)30-37(7,34)20-15-13-19(14-16-20)28-29-24(33)36-26(4,5)6/h8-16,21,28H,17H2,1-7H3,(H,27,32)(H,29,33)/t21-,37-/m0/s1. The first-order valence-electron chi connectivity index (χ1n) is 11.7. The number of hydrogen-bond acceptors (Lipinski definition) is 7. The van der Waals surface area contributed by atoms with Gasteiger partial charge in [-0.1, -0.05) is 30.3 Å². The van der Waals surface area contributed by atoms with E-state index >= 15 is 0 Å². The molecule has 0 aliphatic rings. The summed E-state index contributed by atoms with van der Waals surface area (Å²) in [7, 11) is -3.15. The maximum atomic E-state index is 13.4. The molecule has 0 saturated heterocycles. The molecule has 0 unspecified atom stereocenters. The average Bonchev–Trinajstić information content (AvgIpc) is 2.75. The Morgan fingerprint density at radius 1 is 0.865 bits per heavy atom. The van der Waals surface area contributed by atoms with Gasteiger partial charge < -0.3 is 14.8 Å². The Morgan fingerprint density at radius 2 is 1.41 bits per heavy atom. The molecule has 10 nitrogen and oxygen atoms in total. The van der Waals surface area contributed by atoms with Crippen molar-refractivity contribution in [1.82, 2.24) is 10.7 Å². The quantitative estimate of drug-likeness (QED) is 0.442. The summed E-state index contributed by atoms with van der Waals surface area (Å²) < 4.78 is 27.8. The lowest BCUT2D eigenvalue weighted by Gasteiger charge is -2.22. The molecule has 2 rings (SSSR count). The van der Waals surface area contributed by atoms with Crippen molar-refractivity contribution in [2.75, 3.05) is 11.7 Å². The molecule has 0 aliphatic heterocycles. The van der Waals surface area contributed by atoms with E-state index in [1.54, 1.807) is 53.7 Å². The second-order valence-electron chi connectivity index (χ2n) is 10.4.